The molecule has 0 radical (unpaired) electrons. The minimum atomic E-state index is 0.685. The minimum Gasteiger partial charge on any atom is -0.496 e. The van der Waals surface area contributed by atoms with Crippen LogP contribution in [-0.2, 0) is 6.42 Å². The maximum absolute atomic E-state index is 5.97. The SMILES string of the molecule is COc1ccc(Cl)cc1CC(C)=CCCN. The molecule has 0 aliphatic carbocycles. The van der Waals surface area contributed by atoms with E-state index in [-0.39, 0.29) is 0 Å². The lowest BCUT2D eigenvalue weighted by Crippen LogP contribution is -1.97. The Bertz CT molecular complexity index is 374. The van der Waals surface area contributed by atoms with Gasteiger partial charge in [0, 0.05) is 5.02 Å². The monoisotopic (exact) mass is 239 g/mol. The van der Waals surface area contributed by atoms with Crippen LogP contribution in [0.15, 0.2) is 29.8 Å². The van der Waals surface area contributed by atoms with Crippen LogP contribution in [0.3, 0.4) is 0 Å². The van der Waals surface area contributed by atoms with E-state index in [2.05, 4.69) is 13.0 Å². The van der Waals surface area contributed by atoms with Gasteiger partial charge in [-0.15, -0.1) is 0 Å². The standard InChI is InChI=1S/C13H18ClNO/c1-10(4-3-7-15)8-11-9-12(14)5-6-13(11)16-2/h4-6,9H,3,7-8,15H2,1-2H3. The van der Waals surface area contributed by atoms with Crippen LogP contribution in [0.4, 0.5) is 0 Å². The van der Waals surface area contributed by atoms with Crippen molar-refractivity contribution < 1.29 is 4.74 Å². The third-order valence-corrected chi connectivity index (χ3v) is 2.61. The zero-order chi connectivity index (χ0) is 12.0. The summed E-state index contributed by atoms with van der Waals surface area (Å²) < 4.78 is 5.30. The highest BCUT2D eigenvalue weighted by Crippen LogP contribution is 2.24. The van der Waals surface area contributed by atoms with Gasteiger partial charge in [-0.2, -0.15) is 0 Å². The second-order valence-corrected chi connectivity index (χ2v) is 4.20. The number of ether oxygens (including phenoxy) is 1. The average molecular weight is 240 g/mol. The van der Waals surface area contributed by atoms with Gasteiger partial charge < -0.3 is 10.5 Å². The Kier molecular flexibility index (Phi) is 5.36. The largest absolute Gasteiger partial charge is 0.496 e. The van der Waals surface area contributed by atoms with E-state index in [0.29, 0.717) is 6.54 Å². The Morgan fingerprint density at radius 2 is 2.25 bits per heavy atom. The second-order valence-electron chi connectivity index (χ2n) is 3.76. The molecular formula is C13H18ClNO. The van der Waals surface area contributed by atoms with Crippen LogP contribution in [0, 0.1) is 0 Å². The van der Waals surface area contributed by atoms with Crippen LogP contribution in [0.25, 0.3) is 0 Å². The summed E-state index contributed by atoms with van der Waals surface area (Å²) >= 11 is 5.97. The van der Waals surface area contributed by atoms with Crippen molar-refractivity contribution in [2.24, 2.45) is 5.73 Å². The van der Waals surface area contributed by atoms with Crippen LogP contribution in [0.1, 0.15) is 18.9 Å². The Hall–Kier alpha value is -0.990. The lowest BCUT2D eigenvalue weighted by Gasteiger charge is -2.09. The molecule has 0 saturated carbocycles. The number of allylic oxidation sites excluding steroid dienone is 1. The minimum absolute atomic E-state index is 0.685. The number of nitrogens with two attached hydrogens (primary N) is 1. The Balaban J connectivity index is 2.82. The molecule has 2 nitrogen and oxygen atoms in total. The summed E-state index contributed by atoms with van der Waals surface area (Å²) in [6.07, 6.45) is 3.92. The lowest BCUT2D eigenvalue weighted by atomic mass is 10.0. The number of halogens is 1. The van der Waals surface area contributed by atoms with Crippen LogP contribution in [-0.4, -0.2) is 13.7 Å². The summed E-state index contributed by atoms with van der Waals surface area (Å²) in [5.41, 5.74) is 7.86. The smallest absolute Gasteiger partial charge is 0.122 e. The van der Waals surface area contributed by atoms with Gasteiger partial charge in [0.25, 0.3) is 0 Å². The van der Waals surface area contributed by atoms with E-state index in [1.165, 1.54) is 5.57 Å². The van der Waals surface area contributed by atoms with Crippen LogP contribution in [0.5, 0.6) is 5.75 Å². The highest BCUT2D eigenvalue weighted by molar-refractivity contribution is 6.30. The third kappa shape index (κ3) is 3.87. The molecule has 0 aliphatic rings. The molecule has 0 amide bonds. The van der Waals surface area contributed by atoms with Crippen molar-refractivity contribution in [3.63, 3.8) is 0 Å². The molecule has 88 valence electrons. The van der Waals surface area contributed by atoms with Gasteiger partial charge >= 0.3 is 0 Å². The number of methoxy groups -OCH3 is 1. The number of rotatable bonds is 5. The molecule has 0 saturated heterocycles. The van der Waals surface area contributed by atoms with E-state index >= 15 is 0 Å². The van der Waals surface area contributed by atoms with Gasteiger partial charge in [-0.3, -0.25) is 0 Å². The Labute approximate surface area is 102 Å². The van der Waals surface area contributed by atoms with Crippen LogP contribution < -0.4 is 10.5 Å². The normalized spacial score (nSPS) is 11.6. The number of hydrogen-bond acceptors (Lipinski definition) is 2. The predicted octanol–water partition coefficient (Wildman–Crippen LogP) is 3.19. The van der Waals surface area contributed by atoms with Gasteiger partial charge in [-0.05, 0) is 50.1 Å². The molecule has 1 aromatic rings. The maximum Gasteiger partial charge on any atom is 0.122 e. The van der Waals surface area contributed by atoms with Crippen LogP contribution in [0.2, 0.25) is 5.02 Å². The fraction of sp³-hybridized carbons (Fsp3) is 0.385. The first-order chi connectivity index (χ1) is 7.67. The van der Waals surface area contributed by atoms with Crippen LogP contribution >= 0.6 is 11.6 Å². The van der Waals surface area contributed by atoms with Crippen molar-refractivity contribution in [3.05, 3.63) is 40.4 Å². The molecule has 1 rings (SSSR count). The third-order valence-electron chi connectivity index (χ3n) is 2.37. The molecule has 0 spiro atoms. The second kappa shape index (κ2) is 6.56. The molecule has 0 aromatic heterocycles. The first-order valence-corrected chi connectivity index (χ1v) is 5.73. The van der Waals surface area contributed by atoms with Gasteiger partial charge in [-0.25, -0.2) is 0 Å². The quantitative estimate of drug-likeness (QED) is 0.801. The zero-order valence-electron chi connectivity index (χ0n) is 9.79. The molecule has 3 heteroatoms. The first kappa shape index (κ1) is 13.1. The number of hydrogen-bond donors (Lipinski definition) is 1. The highest BCUT2D eigenvalue weighted by atomic mass is 35.5. The topological polar surface area (TPSA) is 35.2 Å². The van der Waals surface area contributed by atoms with E-state index in [1.807, 2.05) is 18.2 Å². The molecule has 0 fully saturated rings. The molecule has 0 aliphatic heterocycles. The molecule has 0 unspecified atom stereocenters. The van der Waals surface area contributed by atoms with Crippen molar-refractivity contribution in [1.82, 2.24) is 0 Å². The van der Waals surface area contributed by atoms with Crippen molar-refractivity contribution in [2.75, 3.05) is 13.7 Å². The molecule has 0 atom stereocenters. The fourth-order valence-corrected chi connectivity index (χ4v) is 1.78. The summed E-state index contributed by atoms with van der Waals surface area (Å²) in [6, 6.07) is 5.68. The van der Waals surface area contributed by atoms with Gasteiger partial charge in [0.05, 0.1) is 7.11 Å². The fourth-order valence-electron chi connectivity index (χ4n) is 1.59. The van der Waals surface area contributed by atoms with Gasteiger partial charge in [-0.1, -0.05) is 23.3 Å². The van der Waals surface area contributed by atoms with Gasteiger partial charge in [0.15, 0.2) is 0 Å². The summed E-state index contributed by atoms with van der Waals surface area (Å²) in [5.74, 6) is 0.880. The maximum atomic E-state index is 5.97. The summed E-state index contributed by atoms with van der Waals surface area (Å²) in [7, 11) is 1.67. The van der Waals surface area contributed by atoms with E-state index < -0.39 is 0 Å². The predicted molar refractivity (Wildman–Crippen MR) is 69.1 cm³/mol. The van der Waals surface area contributed by atoms with E-state index in [1.54, 1.807) is 7.11 Å². The van der Waals surface area contributed by atoms with Gasteiger partial charge in [0.1, 0.15) is 5.75 Å². The summed E-state index contributed by atoms with van der Waals surface area (Å²) in [6.45, 7) is 2.78. The van der Waals surface area contributed by atoms with E-state index in [4.69, 9.17) is 22.1 Å². The molecule has 0 bridgehead atoms. The average Bonchev–Trinajstić information content (AvgIpc) is 2.27. The summed E-state index contributed by atoms with van der Waals surface area (Å²) in [5, 5.41) is 0.738. The molecule has 16 heavy (non-hydrogen) atoms. The first-order valence-electron chi connectivity index (χ1n) is 5.35. The van der Waals surface area contributed by atoms with Crippen molar-refractivity contribution >= 4 is 11.6 Å². The Morgan fingerprint density at radius 1 is 1.50 bits per heavy atom. The molecular weight excluding hydrogens is 222 g/mol. The van der Waals surface area contributed by atoms with Gasteiger partial charge in [0.2, 0.25) is 0 Å². The molecule has 1 aromatic carbocycles. The summed E-state index contributed by atoms with van der Waals surface area (Å²) in [4.78, 5) is 0. The Morgan fingerprint density at radius 3 is 2.88 bits per heavy atom. The van der Waals surface area contributed by atoms with Crippen molar-refractivity contribution in [2.45, 2.75) is 19.8 Å². The van der Waals surface area contributed by atoms with E-state index in [9.17, 15) is 0 Å². The molecule has 2 N–H and O–H groups in total. The number of benzene rings is 1. The highest BCUT2D eigenvalue weighted by Gasteiger charge is 2.04. The van der Waals surface area contributed by atoms with Crippen molar-refractivity contribution in [1.29, 1.82) is 0 Å². The lowest BCUT2D eigenvalue weighted by molar-refractivity contribution is 0.410. The molecule has 0 heterocycles. The van der Waals surface area contributed by atoms with E-state index in [0.717, 1.165) is 29.2 Å². The van der Waals surface area contributed by atoms with Crippen molar-refractivity contribution in [3.8, 4) is 5.75 Å². The zero-order valence-corrected chi connectivity index (χ0v) is 10.6.